The van der Waals surface area contributed by atoms with Crippen molar-refractivity contribution in [3.05, 3.63) is 28.8 Å². The van der Waals surface area contributed by atoms with Crippen LogP contribution in [0.25, 0.3) is 0 Å². The standard InChI is InChI=1S/C7H5BrClFO2S/c8-4-5-1-2-6(9)7(3-5)13(10,11)12/h1-3H,4H2. The van der Waals surface area contributed by atoms with Gasteiger partial charge in [0.25, 0.3) is 0 Å². The van der Waals surface area contributed by atoms with Gasteiger partial charge in [0.2, 0.25) is 0 Å². The predicted octanol–water partition coefficient (Wildman–Crippen LogP) is 2.89. The van der Waals surface area contributed by atoms with Crippen LogP contribution in [0.2, 0.25) is 5.02 Å². The highest BCUT2D eigenvalue weighted by Crippen LogP contribution is 2.24. The van der Waals surface area contributed by atoms with E-state index in [0.717, 1.165) is 0 Å². The lowest BCUT2D eigenvalue weighted by atomic mass is 10.2. The van der Waals surface area contributed by atoms with Gasteiger partial charge in [-0.15, -0.1) is 3.89 Å². The van der Waals surface area contributed by atoms with Gasteiger partial charge in [-0.3, -0.25) is 0 Å². The van der Waals surface area contributed by atoms with Gasteiger partial charge in [-0.25, -0.2) is 0 Å². The van der Waals surface area contributed by atoms with Gasteiger partial charge in [0.1, 0.15) is 4.90 Å². The number of hydrogen-bond donors (Lipinski definition) is 0. The van der Waals surface area contributed by atoms with Gasteiger partial charge in [0.05, 0.1) is 5.02 Å². The van der Waals surface area contributed by atoms with Gasteiger partial charge in [0, 0.05) is 5.33 Å². The van der Waals surface area contributed by atoms with Gasteiger partial charge >= 0.3 is 10.2 Å². The van der Waals surface area contributed by atoms with Crippen molar-refractivity contribution >= 4 is 37.8 Å². The van der Waals surface area contributed by atoms with Crippen molar-refractivity contribution in [3.63, 3.8) is 0 Å². The quantitative estimate of drug-likeness (QED) is 0.619. The predicted molar refractivity (Wildman–Crippen MR) is 52.4 cm³/mol. The van der Waals surface area contributed by atoms with Gasteiger partial charge in [0.15, 0.2) is 0 Å². The van der Waals surface area contributed by atoms with Crippen molar-refractivity contribution in [2.24, 2.45) is 0 Å². The summed E-state index contributed by atoms with van der Waals surface area (Å²) < 4.78 is 33.7. The zero-order valence-corrected chi connectivity index (χ0v) is 9.46. The maximum Gasteiger partial charge on any atom is 0.333 e. The third-order valence-electron chi connectivity index (χ3n) is 1.41. The Labute approximate surface area is 89.1 Å². The first-order valence-corrected chi connectivity index (χ1v) is 6.12. The second-order valence-corrected chi connectivity index (χ2v) is 4.62. The zero-order chi connectivity index (χ0) is 10.1. The monoisotopic (exact) mass is 286 g/mol. The van der Waals surface area contributed by atoms with Crippen LogP contribution in [0.5, 0.6) is 0 Å². The molecule has 2 nitrogen and oxygen atoms in total. The molecule has 0 spiro atoms. The Morgan fingerprint density at radius 1 is 1.46 bits per heavy atom. The Hall–Kier alpha value is -0.130. The Bertz CT molecular complexity index is 419. The van der Waals surface area contributed by atoms with Crippen molar-refractivity contribution in [2.75, 3.05) is 0 Å². The van der Waals surface area contributed by atoms with Crippen molar-refractivity contribution in [1.82, 2.24) is 0 Å². The summed E-state index contributed by atoms with van der Waals surface area (Å²) in [6.07, 6.45) is 0. The molecular weight excluding hydrogens is 282 g/mol. The van der Waals surface area contributed by atoms with E-state index in [-0.39, 0.29) is 5.02 Å². The average molecular weight is 288 g/mol. The summed E-state index contributed by atoms with van der Waals surface area (Å²) in [4.78, 5) is -0.480. The minimum Gasteiger partial charge on any atom is -0.189 e. The summed E-state index contributed by atoms with van der Waals surface area (Å²) in [5.74, 6) is 0. The molecule has 0 fully saturated rings. The smallest absolute Gasteiger partial charge is 0.189 e. The highest BCUT2D eigenvalue weighted by molar-refractivity contribution is 9.08. The van der Waals surface area contributed by atoms with Crippen molar-refractivity contribution < 1.29 is 12.3 Å². The lowest BCUT2D eigenvalue weighted by Gasteiger charge is -2.00. The maximum atomic E-state index is 12.6. The summed E-state index contributed by atoms with van der Waals surface area (Å²) in [6, 6.07) is 4.17. The molecule has 0 N–H and O–H groups in total. The Morgan fingerprint density at radius 3 is 2.54 bits per heavy atom. The van der Waals surface area contributed by atoms with E-state index in [0.29, 0.717) is 10.9 Å². The van der Waals surface area contributed by atoms with E-state index in [1.807, 2.05) is 0 Å². The molecule has 0 amide bonds. The van der Waals surface area contributed by atoms with E-state index >= 15 is 0 Å². The van der Waals surface area contributed by atoms with Gasteiger partial charge in [-0.1, -0.05) is 33.6 Å². The highest BCUT2D eigenvalue weighted by atomic mass is 79.9. The number of halogens is 3. The van der Waals surface area contributed by atoms with Crippen LogP contribution < -0.4 is 0 Å². The van der Waals surface area contributed by atoms with Crippen LogP contribution in [0.4, 0.5) is 3.89 Å². The topological polar surface area (TPSA) is 34.1 Å². The zero-order valence-electron chi connectivity index (χ0n) is 6.30. The lowest BCUT2D eigenvalue weighted by Crippen LogP contribution is -1.94. The molecule has 72 valence electrons. The second kappa shape index (κ2) is 3.94. The first kappa shape index (κ1) is 10.9. The van der Waals surface area contributed by atoms with Crippen LogP contribution in [0.3, 0.4) is 0 Å². The molecule has 0 radical (unpaired) electrons. The minimum absolute atomic E-state index is 0.104. The van der Waals surface area contributed by atoms with E-state index in [1.54, 1.807) is 6.07 Å². The Balaban J connectivity index is 3.36. The molecule has 0 saturated carbocycles. The number of hydrogen-bond acceptors (Lipinski definition) is 2. The largest absolute Gasteiger partial charge is 0.333 e. The van der Waals surface area contributed by atoms with Crippen LogP contribution in [-0.2, 0) is 15.6 Å². The van der Waals surface area contributed by atoms with Crippen LogP contribution in [0, 0.1) is 0 Å². The highest BCUT2D eigenvalue weighted by Gasteiger charge is 2.16. The minimum atomic E-state index is -4.72. The fourth-order valence-corrected chi connectivity index (χ4v) is 2.15. The first-order valence-electron chi connectivity index (χ1n) is 3.24. The molecule has 0 aromatic heterocycles. The van der Waals surface area contributed by atoms with Crippen molar-refractivity contribution in [1.29, 1.82) is 0 Å². The van der Waals surface area contributed by atoms with Gasteiger partial charge in [-0.2, -0.15) is 8.42 Å². The SMILES string of the molecule is O=S(=O)(F)c1cc(CBr)ccc1Cl. The first-order chi connectivity index (χ1) is 5.95. The third kappa shape index (κ3) is 2.65. The van der Waals surface area contributed by atoms with Crippen molar-refractivity contribution in [3.8, 4) is 0 Å². The maximum absolute atomic E-state index is 12.6. The Morgan fingerprint density at radius 2 is 2.08 bits per heavy atom. The molecule has 1 aromatic carbocycles. The summed E-state index contributed by atoms with van der Waals surface area (Å²) in [7, 11) is -4.72. The molecule has 0 saturated heterocycles. The molecule has 1 aromatic rings. The number of alkyl halides is 1. The normalized spacial score (nSPS) is 11.6. The lowest BCUT2D eigenvalue weighted by molar-refractivity contribution is 0.552. The second-order valence-electron chi connectivity index (χ2n) is 2.34. The molecular formula is C7H5BrClFO2S. The van der Waals surface area contributed by atoms with E-state index in [9.17, 15) is 12.3 Å². The average Bonchev–Trinajstić information content (AvgIpc) is 2.03. The van der Waals surface area contributed by atoms with Gasteiger partial charge < -0.3 is 0 Å². The molecule has 0 atom stereocenters. The van der Waals surface area contributed by atoms with Crippen LogP contribution in [0.1, 0.15) is 5.56 Å². The number of rotatable bonds is 2. The molecule has 0 bridgehead atoms. The fourth-order valence-electron chi connectivity index (χ4n) is 0.818. The van der Waals surface area contributed by atoms with Crippen LogP contribution in [-0.4, -0.2) is 8.42 Å². The van der Waals surface area contributed by atoms with E-state index in [2.05, 4.69) is 15.9 Å². The third-order valence-corrected chi connectivity index (χ3v) is 3.36. The molecule has 0 aliphatic rings. The fraction of sp³-hybridized carbons (Fsp3) is 0.143. The molecule has 6 heteroatoms. The van der Waals surface area contributed by atoms with E-state index in [4.69, 9.17) is 11.6 Å². The van der Waals surface area contributed by atoms with Crippen molar-refractivity contribution in [2.45, 2.75) is 10.2 Å². The van der Waals surface area contributed by atoms with Crippen LogP contribution in [0.15, 0.2) is 23.1 Å². The summed E-state index contributed by atoms with van der Waals surface area (Å²) in [5.41, 5.74) is 0.653. The molecule has 13 heavy (non-hydrogen) atoms. The molecule has 0 aliphatic carbocycles. The summed E-state index contributed by atoms with van der Waals surface area (Å²) >= 11 is 8.63. The molecule has 1 rings (SSSR count). The molecule has 0 unspecified atom stereocenters. The number of benzene rings is 1. The molecule has 0 heterocycles. The van der Waals surface area contributed by atoms with Gasteiger partial charge in [-0.05, 0) is 17.7 Å². The summed E-state index contributed by atoms with van der Waals surface area (Å²) in [5, 5.41) is 0.347. The summed E-state index contributed by atoms with van der Waals surface area (Å²) in [6.45, 7) is 0. The van der Waals surface area contributed by atoms with Crippen LogP contribution >= 0.6 is 27.5 Å². The Kier molecular flexibility index (Phi) is 3.32. The van der Waals surface area contributed by atoms with E-state index < -0.39 is 15.1 Å². The molecule has 0 aliphatic heterocycles. The van der Waals surface area contributed by atoms with E-state index in [1.165, 1.54) is 12.1 Å².